The smallest absolute Gasteiger partial charge is 0.319 e. The van der Waals surface area contributed by atoms with Crippen molar-refractivity contribution in [2.75, 3.05) is 11.9 Å². The molecule has 1 aliphatic carbocycles. The summed E-state index contributed by atoms with van der Waals surface area (Å²) in [7, 11) is 1.63. The van der Waals surface area contributed by atoms with E-state index in [2.05, 4.69) is 10.6 Å². The quantitative estimate of drug-likeness (QED) is 0.753. The van der Waals surface area contributed by atoms with E-state index in [9.17, 15) is 14.7 Å². The van der Waals surface area contributed by atoms with Gasteiger partial charge in [-0.15, -0.1) is 0 Å². The molecule has 0 aromatic carbocycles. The SMILES string of the molecule is Cc1cc(=O)n(C)cc1NC(=O)NCC1(O)CCC1. The first-order valence-electron chi connectivity index (χ1n) is 6.34. The number of nitrogens with one attached hydrogen (secondary N) is 2. The molecule has 2 amide bonds. The molecule has 0 atom stereocenters. The standard InChI is InChI=1S/C13H19N3O3/c1-9-6-11(17)16(2)7-10(9)15-12(18)14-8-13(19)4-3-5-13/h6-7,19H,3-5,8H2,1-2H3,(H2,14,15,18). The van der Waals surface area contributed by atoms with Gasteiger partial charge in [-0.05, 0) is 31.7 Å². The molecule has 0 spiro atoms. The molecule has 3 N–H and O–H groups in total. The number of nitrogens with zero attached hydrogens (tertiary/aromatic N) is 1. The van der Waals surface area contributed by atoms with Gasteiger partial charge in [0.05, 0.1) is 11.3 Å². The summed E-state index contributed by atoms with van der Waals surface area (Å²) in [5.74, 6) is 0. The topological polar surface area (TPSA) is 83.4 Å². The van der Waals surface area contributed by atoms with Crippen molar-refractivity contribution in [2.24, 2.45) is 7.05 Å². The zero-order valence-corrected chi connectivity index (χ0v) is 11.2. The van der Waals surface area contributed by atoms with Gasteiger partial charge in [0.25, 0.3) is 5.56 Å². The molecule has 1 aliphatic rings. The maximum atomic E-state index is 11.7. The highest BCUT2D eigenvalue weighted by molar-refractivity contribution is 5.89. The minimum absolute atomic E-state index is 0.118. The van der Waals surface area contributed by atoms with Crippen molar-refractivity contribution < 1.29 is 9.90 Å². The van der Waals surface area contributed by atoms with Crippen LogP contribution in [-0.2, 0) is 7.05 Å². The van der Waals surface area contributed by atoms with Crippen molar-refractivity contribution in [1.82, 2.24) is 9.88 Å². The molecule has 19 heavy (non-hydrogen) atoms. The average molecular weight is 265 g/mol. The van der Waals surface area contributed by atoms with Gasteiger partial charge in [-0.25, -0.2) is 4.79 Å². The average Bonchev–Trinajstić information content (AvgIpc) is 2.31. The Balaban J connectivity index is 1.95. The van der Waals surface area contributed by atoms with E-state index < -0.39 is 5.60 Å². The maximum Gasteiger partial charge on any atom is 0.319 e. The van der Waals surface area contributed by atoms with Gasteiger partial charge >= 0.3 is 6.03 Å². The molecule has 6 nitrogen and oxygen atoms in total. The van der Waals surface area contributed by atoms with E-state index in [1.165, 1.54) is 10.6 Å². The second-order valence-corrected chi connectivity index (χ2v) is 5.20. The van der Waals surface area contributed by atoms with Gasteiger partial charge in [0.2, 0.25) is 0 Å². The molecule has 0 radical (unpaired) electrons. The molecule has 1 saturated carbocycles. The number of pyridine rings is 1. The summed E-state index contributed by atoms with van der Waals surface area (Å²) in [6, 6.07) is 1.09. The Morgan fingerprint density at radius 3 is 2.79 bits per heavy atom. The molecule has 0 bridgehead atoms. The van der Waals surface area contributed by atoms with E-state index in [1.807, 2.05) is 0 Å². The van der Waals surface area contributed by atoms with Crippen LogP contribution in [0.25, 0.3) is 0 Å². The lowest BCUT2D eigenvalue weighted by molar-refractivity contribution is -0.0287. The summed E-state index contributed by atoms with van der Waals surface area (Å²) in [6.45, 7) is 2.01. The van der Waals surface area contributed by atoms with Gasteiger partial charge < -0.3 is 20.3 Å². The summed E-state index contributed by atoms with van der Waals surface area (Å²) in [4.78, 5) is 23.1. The largest absolute Gasteiger partial charge is 0.388 e. The van der Waals surface area contributed by atoms with E-state index in [0.29, 0.717) is 11.3 Å². The lowest BCUT2D eigenvalue weighted by atomic mass is 9.80. The number of hydrogen-bond acceptors (Lipinski definition) is 3. The van der Waals surface area contributed by atoms with Gasteiger partial charge in [0.1, 0.15) is 0 Å². The van der Waals surface area contributed by atoms with E-state index in [-0.39, 0.29) is 18.1 Å². The van der Waals surface area contributed by atoms with Crippen LogP contribution in [0, 0.1) is 6.92 Å². The third kappa shape index (κ3) is 3.14. The number of anilines is 1. The summed E-state index contributed by atoms with van der Waals surface area (Å²) < 4.78 is 1.40. The molecule has 104 valence electrons. The molecule has 1 aromatic heterocycles. The molecule has 0 saturated heterocycles. The Bertz CT molecular complexity index is 547. The van der Waals surface area contributed by atoms with E-state index in [4.69, 9.17) is 0 Å². The number of aliphatic hydroxyl groups is 1. The van der Waals surface area contributed by atoms with Crippen molar-refractivity contribution >= 4 is 11.7 Å². The normalized spacial score (nSPS) is 16.6. The number of urea groups is 1. The molecule has 1 heterocycles. The van der Waals surface area contributed by atoms with E-state index >= 15 is 0 Å². The predicted molar refractivity (Wildman–Crippen MR) is 72.2 cm³/mol. The number of amides is 2. The monoisotopic (exact) mass is 265 g/mol. The Morgan fingerprint density at radius 1 is 1.53 bits per heavy atom. The van der Waals surface area contributed by atoms with Crippen LogP contribution in [-0.4, -0.2) is 27.9 Å². The number of hydrogen-bond donors (Lipinski definition) is 3. The second-order valence-electron chi connectivity index (χ2n) is 5.20. The Hall–Kier alpha value is -1.82. The highest BCUT2D eigenvalue weighted by Gasteiger charge is 2.34. The van der Waals surface area contributed by atoms with Crippen molar-refractivity contribution in [3.05, 3.63) is 28.2 Å². The van der Waals surface area contributed by atoms with Crippen LogP contribution >= 0.6 is 0 Å². The molecule has 6 heteroatoms. The lowest BCUT2D eigenvalue weighted by Crippen LogP contribution is -2.48. The first-order chi connectivity index (χ1) is 8.89. The van der Waals surface area contributed by atoms with Gasteiger partial charge in [-0.1, -0.05) is 0 Å². The minimum Gasteiger partial charge on any atom is -0.388 e. The van der Waals surface area contributed by atoms with Crippen LogP contribution in [0.4, 0.5) is 10.5 Å². The van der Waals surface area contributed by atoms with Crippen LogP contribution in [0.5, 0.6) is 0 Å². The predicted octanol–water partition coefficient (Wildman–Crippen LogP) is 0.730. The first kappa shape index (κ1) is 13.6. The highest BCUT2D eigenvalue weighted by Crippen LogP contribution is 2.30. The van der Waals surface area contributed by atoms with Gasteiger partial charge in [-0.3, -0.25) is 4.79 Å². The summed E-state index contributed by atoms with van der Waals surface area (Å²) >= 11 is 0. The van der Waals surface area contributed by atoms with E-state index in [0.717, 1.165) is 19.3 Å². The van der Waals surface area contributed by atoms with Crippen LogP contribution in [0.3, 0.4) is 0 Å². The Morgan fingerprint density at radius 2 is 2.21 bits per heavy atom. The van der Waals surface area contributed by atoms with Crippen molar-refractivity contribution in [3.63, 3.8) is 0 Å². The highest BCUT2D eigenvalue weighted by atomic mass is 16.3. The zero-order valence-electron chi connectivity index (χ0n) is 11.2. The van der Waals surface area contributed by atoms with E-state index in [1.54, 1.807) is 20.2 Å². The molecular weight excluding hydrogens is 246 g/mol. The second kappa shape index (κ2) is 5.05. The molecule has 1 aromatic rings. The Kier molecular flexibility index (Phi) is 3.61. The van der Waals surface area contributed by atoms with Crippen molar-refractivity contribution in [3.8, 4) is 0 Å². The van der Waals surface area contributed by atoms with Crippen LogP contribution < -0.4 is 16.2 Å². The minimum atomic E-state index is -0.740. The number of aryl methyl sites for hydroxylation is 2. The molecule has 0 unspecified atom stereocenters. The van der Waals surface area contributed by atoms with Gasteiger partial charge in [-0.2, -0.15) is 0 Å². The first-order valence-corrected chi connectivity index (χ1v) is 6.34. The number of aromatic nitrogens is 1. The number of rotatable bonds is 3. The van der Waals surface area contributed by atoms with Crippen molar-refractivity contribution in [2.45, 2.75) is 31.8 Å². The zero-order chi connectivity index (χ0) is 14.0. The maximum absolute atomic E-state index is 11.7. The fraction of sp³-hybridized carbons (Fsp3) is 0.538. The van der Waals surface area contributed by atoms with Crippen molar-refractivity contribution in [1.29, 1.82) is 0 Å². The summed E-state index contributed by atoms with van der Waals surface area (Å²) in [5, 5.41) is 15.2. The number of carbonyl (C=O) groups is 1. The fourth-order valence-corrected chi connectivity index (χ4v) is 2.03. The van der Waals surface area contributed by atoms with Crippen LogP contribution in [0.15, 0.2) is 17.1 Å². The fourth-order valence-electron chi connectivity index (χ4n) is 2.03. The molecule has 0 aliphatic heterocycles. The summed E-state index contributed by atoms with van der Waals surface area (Å²) in [5.41, 5.74) is 0.434. The number of carbonyl (C=O) groups excluding carboxylic acids is 1. The van der Waals surface area contributed by atoms with Gasteiger partial charge in [0.15, 0.2) is 0 Å². The molecule has 1 fully saturated rings. The Labute approximate surface area is 111 Å². The molecular formula is C13H19N3O3. The third-order valence-electron chi connectivity index (χ3n) is 3.55. The van der Waals surface area contributed by atoms with Crippen LogP contribution in [0.1, 0.15) is 24.8 Å². The van der Waals surface area contributed by atoms with Crippen LogP contribution in [0.2, 0.25) is 0 Å². The lowest BCUT2D eigenvalue weighted by Gasteiger charge is -2.36. The third-order valence-corrected chi connectivity index (χ3v) is 3.55. The summed E-state index contributed by atoms with van der Waals surface area (Å²) in [6.07, 6.45) is 4.04. The molecule has 2 rings (SSSR count). The van der Waals surface area contributed by atoms with Gasteiger partial charge in [0, 0.05) is 25.9 Å².